The monoisotopic (exact) mass is 192 g/mol. The van der Waals surface area contributed by atoms with Crippen molar-refractivity contribution in [2.24, 2.45) is 0 Å². The molecule has 3 nitrogen and oxygen atoms in total. The third kappa shape index (κ3) is 5.13. The molecule has 0 heterocycles. The van der Waals surface area contributed by atoms with Crippen molar-refractivity contribution in [1.29, 1.82) is 0 Å². The molecule has 0 rings (SSSR count). The first-order valence-corrected chi connectivity index (χ1v) is 4.40. The smallest absolute Gasteiger partial charge is 0.305 e. The van der Waals surface area contributed by atoms with E-state index in [9.17, 15) is 9.59 Å². The number of carboxylic acids is 1. The summed E-state index contributed by atoms with van der Waals surface area (Å²) in [6, 6.07) is 0. The molecule has 0 amide bonds. The van der Waals surface area contributed by atoms with Crippen LogP contribution < -0.4 is 0 Å². The van der Waals surface area contributed by atoms with Crippen LogP contribution in [0.1, 0.15) is 32.6 Å². The number of hydrogen-bond acceptors (Lipinski definition) is 2. The third-order valence-corrected chi connectivity index (χ3v) is 1.88. The molecule has 1 atom stereocenters. The van der Waals surface area contributed by atoms with E-state index in [0.29, 0.717) is 6.42 Å². The first kappa shape index (κ1) is 11.4. The van der Waals surface area contributed by atoms with Gasteiger partial charge < -0.3 is 5.11 Å². The van der Waals surface area contributed by atoms with Crippen molar-refractivity contribution in [1.82, 2.24) is 0 Å². The molecule has 70 valence electrons. The number of alkyl halides is 1. The first-order valence-electron chi connectivity index (χ1n) is 3.96. The molecular formula is C8H13ClO3. The Bertz CT molecular complexity index is 168. The van der Waals surface area contributed by atoms with E-state index in [2.05, 4.69) is 0 Å². The van der Waals surface area contributed by atoms with Crippen LogP contribution in [-0.2, 0) is 9.59 Å². The van der Waals surface area contributed by atoms with Gasteiger partial charge in [0.25, 0.3) is 0 Å². The topological polar surface area (TPSA) is 54.4 Å². The molecule has 0 radical (unpaired) electrons. The number of rotatable bonds is 6. The van der Waals surface area contributed by atoms with E-state index in [-0.39, 0.29) is 12.2 Å². The standard InChI is InChI=1S/C8H13ClO3/c1-2-3-4-7(10)6(9)5-8(11)12/h6H,2-5H2,1H3,(H,11,12). The van der Waals surface area contributed by atoms with Crippen LogP contribution in [0.3, 0.4) is 0 Å². The van der Waals surface area contributed by atoms with E-state index in [1.807, 2.05) is 6.92 Å². The number of unbranched alkanes of at least 4 members (excludes halogenated alkanes) is 1. The van der Waals surface area contributed by atoms with Gasteiger partial charge in [0.2, 0.25) is 0 Å². The van der Waals surface area contributed by atoms with Crippen LogP contribution in [0.4, 0.5) is 0 Å². The van der Waals surface area contributed by atoms with Crippen LogP contribution in [0.5, 0.6) is 0 Å². The van der Waals surface area contributed by atoms with Gasteiger partial charge in [-0.3, -0.25) is 9.59 Å². The second-order valence-electron chi connectivity index (χ2n) is 2.64. The van der Waals surface area contributed by atoms with Crippen molar-refractivity contribution in [3.05, 3.63) is 0 Å². The summed E-state index contributed by atoms with van der Waals surface area (Å²) in [5, 5.41) is 7.47. The Labute approximate surface area is 76.7 Å². The van der Waals surface area contributed by atoms with Crippen molar-refractivity contribution in [2.45, 2.75) is 38.0 Å². The SMILES string of the molecule is CCCCC(=O)C(Cl)CC(=O)O. The Balaban J connectivity index is 3.69. The van der Waals surface area contributed by atoms with Crippen molar-refractivity contribution >= 4 is 23.4 Å². The summed E-state index contributed by atoms with van der Waals surface area (Å²) >= 11 is 5.53. The number of hydrogen-bond donors (Lipinski definition) is 1. The number of Topliss-reactive ketones (excluding diaryl/α,β-unsaturated/α-hetero) is 1. The zero-order valence-corrected chi connectivity index (χ0v) is 7.80. The summed E-state index contributed by atoms with van der Waals surface area (Å²) in [7, 11) is 0. The second-order valence-corrected chi connectivity index (χ2v) is 3.16. The quantitative estimate of drug-likeness (QED) is 0.654. The molecule has 0 fully saturated rings. The number of halogens is 1. The molecule has 0 aliphatic heterocycles. The van der Waals surface area contributed by atoms with Crippen LogP contribution >= 0.6 is 11.6 Å². The minimum absolute atomic E-state index is 0.166. The zero-order chi connectivity index (χ0) is 9.56. The highest BCUT2D eigenvalue weighted by Gasteiger charge is 2.17. The largest absolute Gasteiger partial charge is 0.481 e. The molecule has 0 aromatic rings. The molecule has 0 aliphatic carbocycles. The molecule has 0 bridgehead atoms. The predicted molar refractivity (Wildman–Crippen MR) is 46.4 cm³/mol. The van der Waals surface area contributed by atoms with Gasteiger partial charge in [0.15, 0.2) is 5.78 Å². The minimum atomic E-state index is -1.03. The van der Waals surface area contributed by atoms with E-state index in [0.717, 1.165) is 12.8 Å². The van der Waals surface area contributed by atoms with E-state index in [4.69, 9.17) is 16.7 Å². The molecule has 0 saturated heterocycles. The summed E-state index contributed by atoms with van der Waals surface area (Å²) in [4.78, 5) is 21.2. The molecule has 0 spiro atoms. The van der Waals surface area contributed by atoms with Crippen LogP contribution in [0.15, 0.2) is 0 Å². The lowest BCUT2D eigenvalue weighted by molar-refractivity contribution is -0.138. The maximum atomic E-state index is 11.0. The third-order valence-electron chi connectivity index (χ3n) is 1.48. The normalized spacial score (nSPS) is 12.5. The minimum Gasteiger partial charge on any atom is -0.481 e. The molecule has 0 aromatic carbocycles. The van der Waals surface area contributed by atoms with Gasteiger partial charge in [-0.25, -0.2) is 0 Å². The maximum absolute atomic E-state index is 11.0. The summed E-state index contributed by atoms with van der Waals surface area (Å²) in [6.07, 6.45) is 1.81. The number of aliphatic carboxylic acids is 1. The van der Waals surface area contributed by atoms with Crippen LogP contribution in [0, 0.1) is 0 Å². The highest BCUT2D eigenvalue weighted by Crippen LogP contribution is 2.08. The molecular weight excluding hydrogens is 180 g/mol. The van der Waals surface area contributed by atoms with E-state index < -0.39 is 11.3 Å². The molecule has 1 N–H and O–H groups in total. The van der Waals surface area contributed by atoms with Gasteiger partial charge in [-0.1, -0.05) is 13.3 Å². The Kier molecular flexibility index (Phi) is 5.72. The lowest BCUT2D eigenvalue weighted by atomic mass is 10.1. The molecule has 0 aromatic heterocycles. The molecule has 1 unspecified atom stereocenters. The highest BCUT2D eigenvalue weighted by molar-refractivity contribution is 6.32. The van der Waals surface area contributed by atoms with Crippen LogP contribution in [0.25, 0.3) is 0 Å². The van der Waals surface area contributed by atoms with Crippen molar-refractivity contribution in [3.8, 4) is 0 Å². The molecule has 12 heavy (non-hydrogen) atoms. The number of ketones is 1. The zero-order valence-electron chi connectivity index (χ0n) is 7.05. The summed E-state index contributed by atoms with van der Waals surface area (Å²) in [5.74, 6) is -1.19. The fourth-order valence-electron chi connectivity index (χ4n) is 0.775. The van der Waals surface area contributed by atoms with Crippen molar-refractivity contribution in [2.75, 3.05) is 0 Å². The van der Waals surface area contributed by atoms with Gasteiger partial charge in [-0.2, -0.15) is 0 Å². The lowest BCUT2D eigenvalue weighted by Crippen LogP contribution is -2.18. The van der Waals surface area contributed by atoms with Crippen LogP contribution in [-0.4, -0.2) is 22.2 Å². The van der Waals surface area contributed by atoms with Gasteiger partial charge >= 0.3 is 5.97 Å². The number of carbonyl (C=O) groups is 2. The lowest BCUT2D eigenvalue weighted by Gasteiger charge is -2.03. The Morgan fingerprint density at radius 2 is 2.08 bits per heavy atom. The average molecular weight is 193 g/mol. The predicted octanol–water partition coefficient (Wildman–Crippen LogP) is 1.83. The summed E-state index contributed by atoms with van der Waals surface area (Å²) in [6.45, 7) is 1.97. The van der Waals surface area contributed by atoms with E-state index >= 15 is 0 Å². The van der Waals surface area contributed by atoms with Gasteiger partial charge in [-0.15, -0.1) is 11.6 Å². The number of carbonyl (C=O) groups excluding carboxylic acids is 1. The van der Waals surface area contributed by atoms with Gasteiger partial charge in [0, 0.05) is 6.42 Å². The fraction of sp³-hybridized carbons (Fsp3) is 0.750. The van der Waals surface area contributed by atoms with E-state index in [1.165, 1.54) is 0 Å². The van der Waals surface area contributed by atoms with Crippen molar-refractivity contribution < 1.29 is 14.7 Å². The van der Waals surface area contributed by atoms with Gasteiger partial charge in [0.1, 0.15) is 5.38 Å². The first-order chi connectivity index (χ1) is 5.57. The van der Waals surface area contributed by atoms with Gasteiger partial charge in [-0.05, 0) is 6.42 Å². The highest BCUT2D eigenvalue weighted by atomic mass is 35.5. The maximum Gasteiger partial charge on any atom is 0.305 e. The second kappa shape index (κ2) is 6.00. The fourth-order valence-corrected chi connectivity index (χ4v) is 1.02. The summed E-state index contributed by atoms with van der Waals surface area (Å²) < 4.78 is 0. The van der Waals surface area contributed by atoms with E-state index in [1.54, 1.807) is 0 Å². The Morgan fingerprint density at radius 1 is 1.50 bits per heavy atom. The number of carboxylic acid groups (broad SMARTS) is 1. The molecule has 4 heteroatoms. The Morgan fingerprint density at radius 3 is 2.50 bits per heavy atom. The Hall–Kier alpha value is -0.570. The van der Waals surface area contributed by atoms with Crippen molar-refractivity contribution in [3.63, 3.8) is 0 Å². The summed E-state index contributed by atoms with van der Waals surface area (Å²) in [5.41, 5.74) is 0. The van der Waals surface area contributed by atoms with Gasteiger partial charge in [0.05, 0.1) is 6.42 Å². The van der Waals surface area contributed by atoms with Crippen LogP contribution in [0.2, 0.25) is 0 Å². The average Bonchev–Trinajstić information content (AvgIpc) is 1.98. The molecule has 0 saturated carbocycles. The molecule has 0 aliphatic rings.